The number of rotatable bonds is 9. The molecule has 4 rings (SSSR count). The summed E-state index contributed by atoms with van der Waals surface area (Å²) >= 11 is 2.71. The molecule has 1 aromatic heterocycles. The molecule has 1 aliphatic rings. The number of aromatic nitrogens is 1. The number of fused-ring (bicyclic) bond motifs is 1. The smallest absolute Gasteiger partial charge is 0.353 e. The number of nitrogens with zero attached hydrogens (tertiary/aromatic N) is 7. The number of nitriles is 1. The molecule has 3 aromatic rings. The van der Waals surface area contributed by atoms with Crippen LogP contribution in [0.5, 0.6) is 5.75 Å². The van der Waals surface area contributed by atoms with Gasteiger partial charge in [0.05, 0.1) is 40.2 Å². The second-order valence-corrected chi connectivity index (χ2v) is 11.0. The molecule has 1 N–H and O–H groups in total. The zero-order valence-corrected chi connectivity index (χ0v) is 24.4. The number of nitrogens with one attached hydrogen (secondary N) is 1. The van der Waals surface area contributed by atoms with Crippen molar-refractivity contribution in [2.75, 3.05) is 30.4 Å². The Balaban J connectivity index is 1.75. The fourth-order valence-electron chi connectivity index (χ4n) is 4.25. The van der Waals surface area contributed by atoms with Crippen LogP contribution in [0.3, 0.4) is 0 Å². The number of carbonyl (C=O) groups excluding carboxylic acids is 1. The van der Waals surface area contributed by atoms with Crippen molar-refractivity contribution in [3.63, 3.8) is 0 Å². The number of methoxy groups -OCH3 is 1. The van der Waals surface area contributed by atoms with Gasteiger partial charge in [0.1, 0.15) is 11.4 Å². The number of anilines is 2. The van der Waals surface area contributed by atoms with Crippen molar-refractivity contribution >= 4 is 56.3 Å². The van der Waals surface area contributed by atoms with Crippen LogP contribution in [0.2, 0.25) is 0 Å². The molecule has 0 spiro atoms. The molecule has 2 aromatic carbocycles. The van der Waals surface area contributed by atoms with E-state index in [0.717, 1.165) is 45.9 Å². The highest BCUT2D eigenvalue weighted by atomic mass is 32.2. The molecule has 12 heteroatoms. The Kier molecular flexibility index (Phi) is 8.62. The molecular formula is C27H31N8O2S2+. The van der Waals surface area contributed by atoms with Crippen LogP contribution in [0.1, 0.15) is 33.4 Å². The number of hydrogen-bond donors (Lipinski definition) is 1. The summed E-state index contributed by atoms with van der Waals surface area (Å²) in [4.78, 5) is 12.8. The molecule has 1 amide bonds. The van der Waals surface area contributed by atoms with E-state index in [1.807, 2.05) is 55.7 Å². The molecule has 0 bridgehead atoms. The Morgan fingerprint density at radius 3 is 2.64 bits per heavy atom. The lowest BCUT2D eigenvalue weighted by atomic mass is 10.0. The molecule has 1 aliphatic heterocycles. The summed E-state index contributed by atoms with van der Waals surface area (Å²) < 4.78 is 8.06. The van der Waals surface area contributed by atoms with Gasteiger partial charge in [-0.25, -0.2) is 0 Å². The van der Waals surface area contributed by atoms with E-state index in [0.29, 0.717) is 11.4 Å². The van der Waals surface area contributed by atoms with Crippen molar-refractivity contribution in [3.05, 3.63) is 53.1 Å². The second-order valence-electron chi connectivity index (χ2n) is 8.96. The summed E-state index contributed by atoms with van der Waals surface area (Å²) in [7, 11) is 1.63. The van der Waals surface area contributed by atoms with Gasteiger partial charge in [-0.1, -0.05) is 0 Å². The molecule has 0 saturated carbocycles. The third-order valence-electron chi connectivity index (χ3n) is 6.42. The van der Waals surface area contributed by atoms with Gasteiger partial charge in [0.25, 0.3) is 0 Å². The summed E-state index contributed by atoms with van der Waals surface area (Å²) in [5.74, 6) is -0.117. The first-order valence-corrected chi connectivity index (χ1v) is 14.2. The minimum absolute atomic E-state index is 0.214. The fourth-order valence-corrected chi connectivity index (χ4v) is 6.27. The Labute approximate surface area is 236 Å². The fraction of sp³-hybridized carbons (Fsp3) is 0.370. The molecule has 39 heavy (non-hydrogen) atoms. The van der Waals surface area contributed by atoms with E-state index in [9.17, 15) is 10.1 Å². The van der Waals surface area contributed by atoms with Crippen molar-refractivity contribution in [1.29, 1.82) is 5.26 Å². The van der Waals surface area contributed by atoms with E-state index in [4.69, 9.17) is 4.74 Å². The van der Waals surface area contributed by atoms with Crippen molar-refractivity contribution in [1.82, 2.24) is 0 Å². The van der Waals surface area contributed by atoms with Gasteiger partial charge in [-0.3, -0.25) is 4.79 Å². The van der Waals surface area contributed by atoms with E-state index in [1.165, 1.54) is 30.2 Å². The van der Waals surface area contributed by atoms with Crippen LogP contribution in [-0.4, -0.2) is 31.1 Å². The van der Waals surface area contributed by atoms with Crippen molar-refractivity contribution < 1.29 is 13.6 Å². The number of azo groups is 1. The van der Waals surface area contributed by atoms with Gasteiger partial charge in [-0.05, 0) is 77.9 Å². The van der Waals surface area contributed by atoms with Gasteiger partial charge in [0.2, 0.25) is 5.91 Å². The third-order valence-corrected chi connectivity index (χ3v) is 8.71. The standard InChI is InChI=1S/C27H30N8O2S2/c1-7-34(8-2)20-9-12-24(25(13-20)29-19(5)36)30-31-27(23(15-28)17(3)16-38-27)32-33-35-18(4)22-11-10-21(37-6)14-26(22)39-35/h9-14,16,23H,7-8H2,1-6H3/p+1. The van der Waals surface area contributed by atoms with Gasteiger partial charge in [-0.2, -0.15) is 5.26 Å². The first-order valence-electron chi connectivity index (χ1n) is 12.5. The summed E-state index contributed by atoms with van der Waals surface area (Å²) in [6, 6.07) is 13.8. The van der Waals surface area contributed by atoms with Crippen LogP contribution in [0.15, 0.2) is 67.9 Å². The van der Waals surface area contributed by atoms with Gasteiger partial charge in [-0.15, -0.1) is 10.2 Å². The highest BCUT2D eigenvalue weighted by Crippen LogP contribution is 2.48. The zero-order chi connectivity index (χ0) is 28.2. The average molecular weight is 564 g/mol. The van der Waals surface area contributed by atoms with Crippen molar-refractivity contribution in [3.8, 4) is 11.8 Å². The topological polar surface area (TPSA) is 119 Å². The molecule has 2 atom stereocenters. The molecule has 0 aliphatic carbocycles. The van der Waals surface area contributed by atoms with Gasteiger partial charge in [0, 0.05) is 44.1 Å². The van der Waals surface area contributed by atoms with Gasteiger partial charge < -0.3 is 15.0 Å². The molecule has 0 radical (unpaired) electrons. The van der Waals surface area contributed by atoms with Crippen LogP contribution in [0.4, 0.5) is 17.1 Å². The van der Waals surface area contributed by atoms with Crippen LogP contribution in [0.25, 0.3) is 10.1 Å². The number of thioether (sulfide) groups is 1. The van der Waals surface area contributed by atoms with E-state index < -0.39 is 10.9 Å². The molecule has 2 unspecified atom stereocenters. The first-order chi connectivity index (χ1) is 18.7. The third kappa shape index (κ3) is 5.79. The van der Waals surface area contributed by atoms with Crippen molar-refractivity contribution in [2.45, 2.75) is 39.6 Å². The summed E-state index contributed by atoms with van der Waals surface area (Å²) in [5, 5.41) is 34.0. The lowest BCUT2D eigenvalue weighted by Crippen LogP contribution is -2.30. The van der Waals surface area contributed by atoms with Crippen LogP contribution >= 0.6 is 23.3 Å². The molecule has 0 saturated heterocycles. The van der Waals surface area contributed by atoms with Crippen LogP contribution in [-0.2, 0) is 4.79 Å². The zero-order valence-electron chi connectivity index (χ0n) is 22.8. The Bertz CT molecular complexity index is 1520. The Morgan fingerprint density at radius 2 is 1.97 bits per heavy atom. The number of benzene rings is 2. The average Bonchev–Trinajstić information content (AvgIpc) is 3.42. The highest BCUT2D eigenvalue weighted by Gasteiger charge is 2.52. The van der Waals surface area contributed by atoms with E-state index in [-0.39, 0.29) is 5.91 Å². The van der Waals surface area contributed by atoms with Crippen molar-refractivity contribution in [2.24, 2.45) is 26.5 Å². The maximum Gasteiger partial charge on any atom is 0.353 e. The molecule has 10 nitrogen and oxygen atoms in total. The van der Waals surface area contributed by atoms with Gasteiger partial charge >= 0.3 is 4.99 Å². The summed E-state index contributed by atoms with van der Waals surface area (Å²) in [6.45, 7) is 11.1. The number of aryl methyl sites for hydroxylation is 1. The minimum Gasteiger partial charge on any atom is -0.497 e. The minimum atomic E-state index is -1.31. The molecular weight excluding hydrogens is 532 g/mol. The predicted molar refractivity (Wildman–Crippen MR) is 156 cm³/mol. The van der Waals surface area contributed by atoms with Gasteiger partial charge in [0.15, 0.2) is 16.8 Å². The predicted octanol–water partition coefficient (Wildman–Crippen LogP) is 6.75. The largest absolute Gasteiger partial charge is 0.497 e. The first kappa shape index (κ1) is 28.2. The number of ether oxygens (including phenoxy) is 1. The number of carbonyl (C=O) groups is 1. The Hall–Kier alpha value is -3.82. The molecule has 2 heterocycles. The lowest BCUT2D eigenvalue weighted by Gasteiger charge is -2.22. The van der Waals surface area contributed by atoms with Crippen LogP contribution < -0.4 is 19.0 Å². The number of amides is 1. The maximum atomic E-state index is 12.0. The number of hydrogen-bond acceptors (Lipinski definition) is 10. The second kappa shape index (κ2) is 11.9. The SMILES string of the molecule is CCN(CC)c1ccc(N=NC2(N=N[n+]3sc4cc(OC)ccc4c3C)SC=C(C)C2C#N)c(NC(C)=O)c1. The van der Waals surface area contributed by atoms with Crippen LogP contribution in [0, 0.1) is 24.2 Å². The van der Waals surface area contributed by atoms with E-state index >= 15 is 0 Å². The van der Waals surface area contributed by atoms with E-state index in [1.54, 1.807) is 11.2 Å². The normalized spacial score (nSPS) is 19.0. The summed E-state index contributed by atoms with van der Waals surface area (Å²) in [5.41, 5.74) is 3.72. The summed E-state index contributed by atoms with van der Waals surface area (Å²) in [6.07, 6.45) is 0. The maximum absolute atomic E-state index is 12.0. The highest BCUT2D eigenvalue weighted by molar-refractivity contribution is 8.03. The Morgan fingerprint density at radius 1 is 1.21 bits per heavy atom. The monoisotopic (exact) mass is 563 g/mol. The lowest BCUT2D eigenvalue weighted by molar-refractivity contribution is -0.623. The van der Waals surface area contributed by atoms with E-state index in [2.05, 4.69) is 50.7 Å². The quantitative estimate of drug-likeness (QED) is 0.228. The molecule has 202 valence electrons. The molecule has 0 fully saturated rings.